The Balaban J connectivity index is 2.52. The van der Waals surface area contributed by atoms with Gasteiger partial charge in [0.25, 0.3) is 0 Å². The van der Waals surface area contributed by atoms with Gasteiger partial charge in [0.15, 0.2) is 5.82 Å². The number of unbranched alkanes of at least 4 members (excludes halogenated alkanes) is 3. The van der Waals surface area contributed by atoms with Crippen LogP contribution in [0.25, 0.3) is 0 Å². The van der Waals surface area contributed by atoms with Gasteiger partial charge in [0, 0.05) is 13.1 Å². The number of nitrogens with one attached hydrogen (secondary N) is 2. The monoisotopic (exact) mass is 251 g/mol. The first-order chi connectivity index (χ1) is 8.77. The van der Waals surface area contributed by atoms with Crippen LogP contribution in [-0.2, 0) is 0 Å². The predicted octanol–water partition coefficient (Wildman–Crippen LogP) is 2.87. The number of nitrogens with zero attached hydrogens (tertiary/aromatic N) is 2. The van der Waals surface area contributed by atoms with Crippen molar-refractivity contribution in [2.24, 2.45) is 0 Å². The molecule has 0 saturated heterocycles. The summed E-state index contributed by atoms with van der Waals surface area (Å²) in [6.07, 6.45) is 7.66. The van der Waals surface area contributed by atoms with E-state index in [0.717, 1.165) is 43.9 Å². The highest BCUT2D eigenvalue weighted by Crippen LogP contribution is 2.18. The van der Waals surface area contributed by atoms with Gasteiger partial charge in [-0.25, -0.2) is 4.98 Å². The van der Waals surface area contributed by atoms with Crippen LogP contribution in [0.2, 0.25) is 0 Å². The van der Waals surface area contributed by atoms with Crippen LogP contribution in [0.4, 0.5) is 17.5 Å². The molecule has 1 heterocycles. The number of nitrogen functional groups attached to an aromatic ring is 1. The Hall–Kier alpha value is -1.52. The van der Waals surface area contributed by atoms with E-state index in [0.29, 0.717) is 5.95 Å². The zero-order valence-corrected chi connectivity index (χ0v) is 11.5. The van der Waals surface area contributed by atoms with Crippen LogP contribution in [0.1, 0.15) is 46.0 Å². The van der Waals surface area contributed by atoms with Crippen LogP contribution in [-0.4, -0.2) is 23.1 Å². The van der Waals surface area contributed by atoms with Gasteiger partial charge >= 0.3 is 0 Å². The van der Waals surface area contributed by atoms with Gasteiger partial charge in [-0.1, -0.05) is 33.1 Å². The minimum absolute atomic E-state index is 0.313. The molecule has 0 bridgehead atoms. The van der Waals surface area contributed by atoms with Crippen LogP contribution < -0.4 is 16.4 Å². The predicted molar refractivity (Wildman–Crippen MR) is 77.9 cm³/mol. The quantitative estimate of drug-likeness (QED) is 0.588. The van der Waals surface area contributed by atoms with Crippen molar-refractivity contribution in [1.29, 1.82) is 0 Å². The Bertz CT molecular complexity index is 340. The molecule has 5 heteroatoms. The molecule has 0 aliphatic carbocycles. The molecule has 1 aromatic rings. The van der Waals surface area contributed by atoms with Gasteiger partial charge in [0.05, 0.1) is 11.9 Å². The molecule has 1 rings (SSSR count). The zero-order valence-electron chi connectivity index (χ0n) is 11.5. The average Bonchev–Trinajstić information content (AvgIpc) is 2.37. The molecule has 18 heavy (non-hydrogen) atoms. The lowest BCUT2D eigenvalue weighted by atomic mass is 10.2. The molecule has 0 amide bonds. The van der Waals surface area contributed by atoms with Crippen molar-refractivity contribution >= 4 is 17.5 Å². The summed E-state index contributed by atoms with van der Waals surface area (Å²) in [5.41, 5.74) is 6.56. The van der Waals surface area contributed by atoms with Crippen molar-refractivity contribution in [2.45, 2.75) is 46.0 Å². The summed E-state index contributed by atoms with van der Waals surface area (Å²) in [5, 5.41) is 6.66. The lowest BCUT2D eigenvalue weighted by molar-refractivity contribution is 0.743. The molecular formula is C13H25N5. The van der Waals surface area contributed by atoms with Crippen molar-refractivity contribution in [1.82, 2.24) is 9.97 Å². The molecule has 0 aromatic carbocycles. The Morgan fingerprint density at radius 3 is 2.50 bits per heavy atom. The normalized spacial score (nSPS) is 10.3. The molecule has 4 N–H and O–H groups in total. The second-order valence-corrected chi connectivity index (χ2v) is 4.40. The molecular weight excluding hydrogens is 226 g/mol. The van der Waals surface area contributed by atoms with Gasteiger partial charge in [-0.15, -0.1) is 0 Å². The molecule has 0 aliphatic heterocycles. The van der Waals surface area contributed by atoms with E-state index in [1.54, 1.807) is 6.20 Å². The summed E-state index contributed by atoms with van der Waals surface area (Å²) in [4.78, 5) is 8.27. The second-order valence-electron chi connectivity index (χ2n) is 4.40. The largest absolute Gasteiger partial charge is 0.381 e. The molecule has 5 nitrogen and oxygen atoms in total. The first kappa shape index (κ1) is 14.5. The van der Waals surface area contributed by atoms with E-state index in [9.17, 15) is 0 Å². The average molecular weight is 251 g/mol. The fourth-order valence-corrected chi connectivity index (χ4v) is 1.64. The number of rotatable bonds is 9. The van der Waals surface area contributed by atoms with Crippen LogP contribution in [0.5, 0.6) is 0 Å². The highest BCUT2D eigenvalue weighted by atomic mass is 15.1. The van der Waals surface area contributed by atoms with Crippen molar-refractivity contribution < 1.29 is 0 Å². The molecule has 0 fully saturated rings. The topological polar surface area (TPSA) is 75.9 Å². The molecule has 0 saturated carbocycles. The van der Waals surface area contributed by atoms with E-state index in [4.69, 9.17) is 5.73 Å². The van der Waals surface area contributed by atoms with Crippen molar-refractivity contribution in [3.8, 4) is 0 Å². The number of anilines is 3. The summed E-state index contributed by atoms with van der Waals surface area (Å²) in [6, 6.07) is 0. The van der Waals surface area contributed by atoms with E-state index in [1.807, 2.05) is 0 Å². The summed E-state index contributed by atoms with van der Waals surface area (Å²) in [5.74, 6) is 1.13. The van der Waals surface area contributed by atoms with Crippen LogP contribution in [0.15, 0.2) is 6.20 Å². The molecule has 0 aliphatic rings. The van der Waals surface area contributed by atoms with Crippen molar-refractivity contribution in [2.75, 3.05) is 29.5 Å². The maximum absolute atomic E-state index is 5.62. The maximum Gasteiger partial charge on any atom is 0.222 e. The zero-order chi connectivity index (χ0) is 13.2. The number of hydrogen-bond donors (Lipinski definition) is 3. The third kappa shape index (κ3) is 5.21. The van der Waals surface area contributed by atoms with Gasteiger partial charge in [0.1, 0.15) is 0 Å². The maximum atomic E-state index is 5.62. The van der Waals surface area contributed by atoms with E-state index in [2.05, 4.69) is 34.4 Å². The highest BCUT2D eigenvalue weighted by molar-refractivity contribution is 5.64. The van der Waals surface area contributed by atoms with Gasteiger partial charge in [0.2, 0.25) is 5.95 Å². The van der Waals surface area contributed by atoms with E-state index in [1.165, 1.54) is 12.8 Å². The molecule has 0 unspecified atom stereocenters. The van der Waals surface area contributed by atoms with Crippen molar-refractivity contribution in [3.05, 3.63) is 6.20 Å². The SMILES string of the molecule is CCCCCNc1cnc(N)nc1NCCCC. The number of hydrogen-bond acceptors (Lipinski definition) is 5. The molecule has 0 radical (unpaired) electrons. The summed E-state index contributed by atoms with van der Waals surface area (Å²) in [7, 11) is 0. The Labute approximate surface area is 110 Å². The van der Waals surface area contributed by atoms with Gasteiger partial charge in [-0.3, -0.25) is 0 Å². The van der Waals surface area contributed by atoms with Gasteiger partial charge in [-0.2, -0.15) is 4.98 Å². The minimum Gasteiger partial charge on any atom is -0.381 e. The standard InChI is InChI=1S/C13H25N5/c1-3-5-7-9-15-11-10-17-13(14)18-12(11)16-8-6-4-2/h10,15H,3-9H2,1-2H3,(H3,14,16,17,18). The fourth-order valence-electron chi connectivity index (χ4n) is 1.64. The van der Waals surface area contributed by atoms with Crippen LogP contribution in [0, 0.1) is 0 Å². The first-order valence-corrected chi connectivity index (χ1v) is 6.88. The minimum atomic E-state index is 0.313. The fraction of sp³-hybridized carbons (Fsp3) is 0.692. The van der Waals surface area contributed by atoms with E-state index in [-0.39, 0.29) is 0 Å². The smallest absolute Gasteiger partial charge is 0.222 e. The molecule has 1 aromatic heterocycles. The number of nitrogens with two attached hydrogens (primary N) is 1. The van der Waals surface area contributed by atoms with Crippen LogP contribution >= 0.6 is 0 Å². The van der Waals surface area contributed by atoms with Gasteiger partial charge < -0.3 is 16.4 Å². The summed E-state index contributed by atoms with van der Waals surface area (Å²) in [6.45, 7) is 6.23. The molecule has 0 atom stereocenters. The number of aromatic nitrogens is 2. The third-order valence-corrected chi connectivity index (χ3v) is 2.73. The Morgan fingerprint density at radius 1 is 1.06 bits per heavy atom. The van der Waals surface area contributed by atoms with Crippen LogP contribution in [0.3, 0.4) is 0 Å². The molecule has 0 spiro atoms. The van der Waals surface area contributed by atoms with Crippen molar-refractivity contribution in [3.63, 3.8) is 0 Å². The Morgan fingerprint density at radius 2 is 1.78 bits per heavy atom. The highest BCUT2D eigenvalue weighted by Gasteiger charge is 2.04. The van der Waals surface area contributed by atoms with E-state index >= 15 is 0 Å². The third-order valence-electron chi connectivity index (χ3n) is 2.73. The summed E-state index contributed by atoms with van der Waals surface area (Å²) >= 11 is 0. The second kappa shape index (κ2) is 8.55. The first-order valence-electron chi connectivity index (χ1n) is 6.88. The lowest BCUT2D eigenvalue weighted by Gasteiger charge is -2.12. The van der Waals surface area contributed by atoms with E-state index < -0.39 is 0 Å². The molecule has 102 valence electrons. The Kier molecular flexibility index (Phi) is 6.91. The van der Waals surface area contributed by atoms with Gasteiger partial charge in [-0.05, 0) is 12.8 Å². The lowest BCUT2D eigenvalue weighted by Crippen LogP contribution is -2.11. The summed E-state index contributed by atoms with van der Waals surface area (Å²) < 4.78 is 0.